The van der Waals surface area contributed by atoms with Gasteiger partial charge in [0.05, 0.1) is 17.6 Å². The number of nitrogens with zero attached hydrogens (tertiary/aromatic N) is 1. The van der Waals surface area contributed by atoms with Crippen LogP contribution in [0.1, 0.15) is 78.2 Å². The number of halogens is 3. The molecule has 11 atom stereocenters. The first-order chi connectivity index (χ1) is 21.6. The Morgan fingerprint density at radius 3 is 2.30 bits per heavy atom. The van der Waals surface area contributed by atoms with Crippen molar-refractivity contribution in [2.24, 2.45) is 44.8 Å². The third-order valence-electron chi connectivity index (χ3n) is 14.4. The van der Waals surface area contributed by atoms with E-state index in [0.717, 1.165) is 5.56 Å². The summed E-state index contributed by atoms with van der Waals surface area (Å²) in [5.41, 5.74) is -2.37. The number of benzene rings is 1. The summed E-state index contributed by atoms with van der Waals surface area (Å²) in [6.07, 6.45) is -2.40. The molecular weight excluding hydrogens is 633 g/mol. The number of aliphatic hydroxyl groups is 1. The molecule has 0 aliphatic heterocycles. The van der Waals surface area contributed by atoms with Crippen LogP contribution < -0.4 is 5.32 Å². The Kier molecular flexibility index (Phi) is 7.96. The van der Waals surface area contributed by atoms with E-state index in [0.29, 0.717) is 38.5 Å². The first-order valence-electron chi connectivity index (χ1n) is 16.8. The predicted molar refractivity (Wildman–Crippen MR) is 168 cm³/mol. The van der Waals surface area contributed by atoms with Crippen LogP contribution in [0.25, 0.3) is 0 Å². The lowest BCUT2D eigenvalue weighted by Gasteiger charge is -2.63. The van der Waals surface area contributed by atoms with Crippen molar-refractivity contribution in [2.75, 3.05) is 20.7 Å². The molecular formula is C35H49F3N2O6S. The minimum absolute atomic E-state index is 0.0192. The van der Waals surface area contributed by atoms with E-state index in [9.17, 15) is 36.3 Å². The number of alkyl halides is 3. The number of hydrogen-bond donors (Lipinski definition) is 2. The smallest absolute Gasteiger partial charge is 0.393 e. The lowest BCUT2D eigenvalue weighted by Crippen LogP contribution is -2.64. The molecule has 0 radical (unpaired) electrons. The molecule has 12 heteroatoms. The summed E-state index contributed by atoms with van der Waals surface area (Å²) in [4.78, 5) is 29.0. The molecule has 5 saturated carbocycles. The average Bonchev–Trinajstić information content (AvgIpc) is 3.61. The van der Waals surface area contributed by atoms with Gasteiger partial charge in [-0.1, -0.05) is 38.5 Å². The van der Waals surface area contributed by atoms with Gasteiger partial charge >= 0.3 is 12.1 Å². The molecule has 2 spiro atoms. The molecule has 1 aromatic rings. The van der Waals surface area contributed by atoms with Crippen molar-refractivity contribution < 1.29 is 40.5 Å². The molecule has 2 N–H and O–H groups in total. The zero-order valence-electron chi connectivity index (χ0n) is 28.4. The second-order valence-electron chi connectivity index (χ2n) is 16.5. The standard InChI is InChI=1S/C35H49F3N2O6S/c1-20-8-10-22(11-9-20)47(44,45)46-19-30(3)24-12-13-25-31(4)16-23(41)28(21(2)40(6)7)32(31,5)17-27(42)34(25)18-33(24,34)15-14-26(30)39-29(43)35(36,37)38/h8-11,21,23-26,28,41H,12-19H2,1-7H3,(H,39,43)/t21-,23+,24-,25-,26-,28-,30-,31-,32+,33+,34+/m0/s1. The number of rotatable bonds is 7. The summed E-state index contributed by atoms with van der Waals surface area (Å²) in [6.45, 7) is 9.61. The zero-order valence-corrected chi connectivity index (χ0v) is 29.2. The SMILES string of the molecule is Cc1ccc(S(=O)(=O)OC[C@]2(C)[C@@H](NC(=O)C(F)(F)F)CC[C@]34C[C@@]35C(=O)C[C@]3(C)[C@@H]([C@H](C)N(C)C)[C@H](O)C[C@@]3(C)[C@@H]5CC[C@@H]24)cc1. The summed E-state index contributed by atoms with van der Waals surface area (Å²) < 4.78 is 73.0. The third-order valence-corrected chi connectivity index (χ3v) is 15.7. The van der Waals surface area contributed by atoms with E-state index in [-0.39, 0.29) is 46.3 Å². The highest BCUT2D eigenvalue weighted by molar-refractivity contribution is 7.86. The first-order valence-corrected chi connectivity index (χ1v) is 18.2. The summed E-state index contributed by atoms with van der Waals surface area (Å²) in [5, 5.41) is 13.8. The van der Waals surface area contributed by atoms with E-state index in [1.165, 1.54) is 12.1 Å². The number of aryl methyl sites for hydroxylation is 1. The average molecular weight is 683 g/mol. The molecule has 5 fully saturated rings. The minimum atomic E-state index is -5.11. The van der Waals surface area contributed by atoms with Crippen molar-refractivity contribution in [1.29, 1.82) is 0 Å². The van der Waals surface area contributed by atoms with Crippen molar-refractivity contribution in [1.82, 2.24) is 10.2 Å². The highest BCUT2D eigenvalue weighted by Gasteiger charge is 2.86. The van der Waals surface area contributed by atoms with Gasteiger partial charge in [-0.05, 0) is 107 Å². The Hall–Kier alpha value is -2.02. The molecule has 0 aromatic heterocycles. The van der Waals surface area contributed by atoms with Crippen LogP contribution >= 0.6 is 0 Å². The molecule has 262 valence electrons. The van der Waals surface area contributed by atoms with Crippen LogP contribution in [0, 0.1) is 51.8 Å². The molecule has 47 heavy (non-hydrogen) atoms. The quantitative estimate of drug-likeness (QED) is 0.377. The third kappa shape index (κ3) is 4.73. The molecule has 0 unspecified atom stereocenters. The van der Waals surface area contributed by atoms with Crippen LogP contribution in [-0.2, 0) is 23.9 Å². The maximum atomic E-state index is 14.7. The predicted octanol–water partition coefficient (Wildman–Crippen LogP) is 5.27. The number of hydrogen-bond acceptors (Lipinski definition) is 7. The van der Waals surface area contributed by atoms with Crippen molar-refractivity contribution >= 4 is 21.8 Å². The number of Topliss-reactive ketones (excluding diaryl/α,β-unsaturated/α-hetero) is 1. The van der Waals surface area contributed by atoms with Crippen molar-refractivity contribution in [3.63, 3.8) is 0 Å². The highest BCUT2D eigenvalue weighted by atomic mass is 32.2. The van der Waals surface area contributed by atoms with Gasteiger partial charge in [-0.25, -0.2) is 0 Å². The van der Waals surface area contributed by atoms with Crippen LogP contribution in [-0.4, -0.2) is 75.2 Å². The number of nitrogens with one attached hydrogen (secondary N) is 1. The Balaban J connectivity index is 1.37. The second-order valence-corrected chi connectivity index (χ2v) is 18.1. The number of fused-ring (bicyclic) bond motifs is 2. The maximum absolute atomic E-state index is 14.7. The van der Waals surface area contributed by atoms with Gasteiger partial charge in [0.25, 0.3) is 10.1 Å². The van der Waals surface area contributed by atoms with Gasteiger partial charge in [0, 0.05) is 35.3 Å². The van der Waals surface area contributed by atoms with Gasteiger partial charge < -0.3 is 15.3 Å². The first kappa shape index (κ1) is 34.8. The van der Waals surface area contributed by atoms with Gasteiger partial charge in [-0.3, -0.25) is 13.8 Å². The lowest BCUT2D eigenvalue weighted by molar-refractivity contribution is -0.182. The Morgan fingerprint density at radius 1 is 1.09 bits per heavy atom. The summed E-state index contributed by atoms with van der Waals surface area (Å²) >= 11 is 0. The van der Waals surface area contributed by atoms with Crippen LogP contribution in [0.15, 0.2) is 29.2 Å². The Morgan fingerprint density at radius 2 is 1.70 bits per heavy atom. The van der Waals surface area contributed by atoms with Gasteiger partial charge in [-0.15, -0.1) is 0 Å². The van der Waals surface area contributed by atoms with Crippen molar-refractivity contribution in [3.8, 4) is 0 Å². The molecule has 0 bridgehead atoms. The van der Waals surface area contributed by atoms with E-state index < -0.39 is 62.6 Å². The fraction of sp³-hybridized carbons (Fsp3) is 0.771. The molecule has 8 nitrogen and oxygen atoms in total. The Labute approximate surface area is 276 Å². The lowest BCUT2D eigenvalue weighted by atomic mass is 9.41. The molecule has 6 rings (SSSR count). The molecule has 0 saturated heterocycles. The normalized spacial score (nSPS) is 43.4. The zero-order chi connectivity index (χ0) is 34.8. The summed E-state index contributed by atoms with van der Waals surface area (Å²) in [5.74, 6) is -2.38. The fourth-order valence-corrected chi connectivity index (χ4v) is 12.9. The van der Waals surface area contributed by atoms with Crippen LogP contribution in [0.2, 0.25) is 0 Å². The summed E-state index contributed by atoms with van der Waals surface area (Å²) in [6, 6.07) is 5.18. The maximum Gasteiger partial charge on any atom is 0.471 e. The van der Waals surface area contributed by atoms with Gasteiger partial charge in [0.15, 0.2) is 0 Å². The topological polar surface area (TPSA) is 113 Å². The molecule has 0 heterocycles. The van der Waals surface area contributed by atoms with E-state index in [2.05, 4.69) is 31.0 Å². The monoisotopic (exact) mass is 682 g/mol. The van der Waals surface area contributed by atoms with Crippen molar-refractivity contribution in [3.05, 3.63) is 29.8 Å². The fourth-order valence-electron chi connectivity index (χ4n) is 11.8. The number of carbonyl (C=O) groups is 2. The van der Waals surface area contributed by atoms with E-state index in [4.69, 9.17) is 4.18 Å². The van der Waals surface area contributed by atoms with Gasteiger partial charge in [0.1, 0.15) is 5.78 Å². The number of amides is 1. The van der Waals surface area contributed by atoms with E-state index in [1.807, 2.05) is 21.0 Å². The minimum Gasteiger partial charge on any atom is -0.393 e. The molecule has 5 aliphatic rings. The van der Waals surface area contributed by atoms with Crippen LogP contribution in [0.4, 0.5) is 13.2 Å². The number of ketones is 1. The van der Waals surface area contributed by atoms with Gasteiger partial charge in [-0.2, -0.15) is 21.6 Å². The van der Waals surface area contributed by atoms with Crippen molar-refractivity contribution in [2.45, 2.75) is 109 Å². The second kappa shape index (κ2) is 10.7. The summed E-state index contributed by atoms with van der Waals surface area (Å²) in [7, 11) is -0.290. The van der Waals surface area contributed by atoms with Crippen LogP contribution in [0.3, 0.4) is 0 Å². The van der Waals surface area contributed by atoms with E-state index >= 15 is 0 Å². The Bertz CT molecular complexity index is 1570. The largest absolute Gasteiger partial charge is 0.471 e. The van der Waals surface area contributed by atoms with E-state index in [1.54, 1.807) is 19.1 Å². The van der Waals surface area contributed by atoms with Gasteiger partial charge in [0.2, 0.25) is 0 Å². The molecule has 1 aromatic carbocycles. The highest BCUT2D eigenvalue weighted by Crippen LogP contribution is 2.88. The van der Waals surface area contributed by atoms with Crippen LogP contribution in [0.5, 0.6) is 0 Å². The number of carbonyl (C=O) groups excluding carboxylic acids is 2. The molecule has 1 amide bonds. The number of aliphatic hydroxyl groups excluding tert-OH is 1. The molecule has 5 aliphatic carbocycles.